The van der Waals surface area contributed by atoms with E-state index in [0.717, 1.165) is 33.0 Å². The minimum absolute atomic E-state index is 0.0871. The van der Waals surface area contributed by atoms with E-state index in [2.05, 4.69) is 19.9 Å². The summed E-state index contributed by atoms with van der Waals surface area (Å²) >= 11 is 7.38. The summed E-state index contributed by atoms with van der Waals surface area (Å²) in [5.41, 5.74) is 15.0. The quantitative estimate of drug-likeness (QED) is 0.822. The number of allylic oxidation sites excluding steroid dienone is 2. The number of halogens is 1. The molecule has 2 aromatic rings. The van der Waals surface area contributed by atoms with Crippen LogP contribution in [0.25, 0.3) is 12.2 Å². The Labute approximate surface area is 150 Å². The molecule has 0 aliphatic heterocycles. The molecule has 4 N–H and O–H groups in total. The molecule has 0 saturated heterocycles. The molecule has 124 valence electrons. The van der Waals surface area contributed by atoms with Crippen molar-refractivity contribution in [1.29, 1.82) is 0 Å². The highest BCUT2D eigenvalue weighted by molar-refractivity contribution is 7.16. The van der Waals surface area contributed by atoms with Crippen LogP contribution in [0.15, 0.2) is 35.9 Å². The Balaban J connectivity index is 2.01. The van der Waals surface area contributed by atoms with Gasteiger partial charge in [-0.3, -0.25) is 4.79 Å². The van der Waals surface area contributed by atoms with Crippen LogP contribution < -0.4 is 11.5 Å². The Hall–Kier alpha value is -2.04. The van der Waals surface area contributed by atoms with E-state index in [1.165, 1.54) is 11.3 Å². The van der Waals surface area contributed by atoms with Gasteiger partial charge in [-0.15, -0.1) is 11.3 Å². The van der Waals surface area contributed by atoms with Gasteiger partial charge < -0.3 is 11.5 Å². The topological polar surface area (TPSA) is 69.1 Å². The largest absolute Gasteiger partial charge is 0.390 e. The summed E-state index contributed by atoms with van der Waals surface area (Å²) in [6, 6.07) is 7.67. The monoisotopic (exact) mass is 358 g/mol. The molecule has 0 saturated carbocycles. The number of anilines is 1. The maximum absolute atomic E-state index is 11.8. The molecule has 3 rings (SSSR count). The van der Waals surface area contributed by atoms with Crippen LogP contribution in [0.2, 0.25) is 5.02 Å². The zero-order valence-electron chi connectivity index (χ0n) is 13.6. The average Bonchev–Trinajstić information content (AvgIpc) is 2.83. The molecule has 0 unspecified atom stereocenters. The molecule has 0 fully saturated rings. The SMILES string of the molecule is CC1(C)CC(/C=C/c2ccc(Cl)cc2)=Cc2c1sc(N)c2C(N)=O. The van der Waals surface area contributed by atoms with E-state index in [1.54, 1.807) is 0 Å². The van der Waals surface area contributed by atoms with Crippen LogP contribution >= 0.6 is 22.9 Å². The van der Waals surface area contributed by atoms with E-state index in [-0.39, 0.29) is 5.41 Å². The summed E-state index contributed by atoms with van der Waals surface area (Å²) in [7, 11) is 0. The van der Waals surface area contributed by atoms with Crippen LogP contribution in [0.4, 0.5) is 5.00 Å². The molecular weight excluding hydrogens is 340 g/mol. The molecule has 0 atom stereocenters. The number of nitrogens with two attached hydrogens (primary N) is 2. The second kappa shape index (κ2) is 6.11. The molecule has 1 heterocycles. The van der Waals surface area contributed by atoms with Gasteiger partial charge >= 0.3 is 0 Å². The molecule has 0 bridgehead atoms. The zero-order chi connectivity index (χ0) is 17.5. The molecule has 1 aliphatic carbocycles. The first-order valence-corrected chi connectivity index (χ1v) is 8.84. The number of hydrogen-bond acceptors (Lipinski definition) is 3. The van der Waals surface area contributed by atoms with Crippen molar-refractivity contribution in [3.05, 3.63) is 62.5 Å². The Bertz CT molecular complexity index is 860. The molecule has 3 nitrogen and oxygen atoms in total. The van der Waals surface area contributed by atoms with Crippen molar-refractivity contribution >= 4 is 46.0 Å². The Morgan fingerprint density at radius 3 is 2.54 bits per heavy atom. The van der Waals surface area contributed by atoms with E-state index >= 15 is 0 Å². The lowest BCUT2D eigenvalue weighted by Crippen LogP contribution is -2.22. The van der Waals surface area contributed by atoms with Gasteiger partial charge in [0, 0.05) is 20.9 Å². The summed E-state index contributed by atoms with van der Waals surface area (Å²) in [4.78, 5) is 12.9. The highest BCUT2D eigenvalue weighted by Gasteiger charge is 2.33. The number of benzene rings is 1. The van der Waals surface area contributed by atoms with Crippen LogP contribution in [0, 0.1) is 0 Å². The van der Waals surface area contributed by atoms with Crippen molar-refractivity contribution in [2.45, 2.75) is 25.7 Å². The van der Waals surface area contributed by atoms with Crippen molar-refractivity contribution in [2.24, 2.45) is 5.73 Å². The molecule has 24 heavy (non-hydrogen) atoms. The van der Waals surface area contributed by atoms with Gasteiger partial charge in [0.2, 0.25) is 0 Å². The number of carbonyl (C=O) groups excluding carboxylic acids is 1. The normalized spacial score (nSPS) is 16.0. The van der Waals surface area contributed by atoms with Crippen LogP contribution in [0.5, 0.6) is 0 Å². The summed E-state index contributed by atoms with van der Waals surface area (Å²) < 4.78 is 0. The van der Waals surface area contributed by atoms with Crippen LogP contribution in [0.1, 0.15) is 46.6 Å². The van der Waals surface area contributed by atoms with Gasteiger partial charge in [-0.25, -0.2) is 0 Å². The number of hydrogen-bond donors (Lipinski definition) is 2. The number of primary amides is 1. The zero-order valence-corrected chi connectivity index (χ0v) is 15.2. The van der Waals surface area contributed by atoms with E-state index in [4.69, 9.17) is 23.1 Å². The van der Waals surface area contributed by atoms with Crippen LogP contribution in [-0.2, 0) is 5.41 Å². The summed E-state index contributed by atoms with van der Waals surface area (Å²) in [6.07, 6.45) is 7.03. The van der Waals surface area contributed by atoms with Crippen LogP contribution in [0.3, 0.4) is 0 Å². The third kappa shape index (κ3) is 3.12. The smallest absolute Gasteiger partial charge is 0.252 e. The number of rotatable bonds is 3. The number of nitrogen functional groups attached to an aromatic ring is 1. The summed E-state index contributed by atoms with van der Waals surface area (Å²) in [5.74, 6) is -0.472. The minimum atomic E-state index is -0.472. The molecule has 5 heteroatoms. The first kappa shape index (κ1) is 16.8. The molecular formula is C19H19ClN2OS. The number of carbonyl (C=O) groups is 1. The van der Waals surface area contributed by atoms with Crippen molar-refractivity contribution in [3.8, 4) is 0 Å². The number of fused-ring (bicyclic) bond motifs is 1. The third-order valence-corrected chi connectivity index (χ3v) is 5.82. The van der Waals surface area contributed by atoms with Gasteiger partial charge in [0.05, 0.1) is 10.6 Å². The maximum atomic E-state index is 11.8. The van der Waals surface area contributed by atoms with E-state index < -0.39 is 5.91 Å². The van der Waals surface area contributed by atoms with Gasteiger partial charge in [0.1, 0.15) is 0 Å². The predicted molar refractivity (Wildman–Crippen MR) is 103 cm³/mol. The average molecular weight is 359 g/mol. The lowest BCUT2D eigenvalue weighted by molar-refractivity contribution is 0.100. The van der Waals surface area contributed by atoms with Gasteiger partial charge in [-0.05, 0) is 35.8 Å². The van der Waals surface area contributed by atoms with Gasteiger partial charge in [0.25, 0.3) is 5.91 Å². The van der Waals surface area contributed by atoms with E-state index in [0.29, 0.717) is 10.6 Å². The summed E-state index contributed by atoms with van der Waals surface area (Å²) in [5, 5.41) is 1.22. The van der Waals surface area contributed by atoms with Crippen molar-refractivity contribution < 1.29 is 4.79 Å². The first-order chi connectivity index (χ1) is 11.3. The molecule has 1 amide bonds. The number of amides is 1. The van der Waals surface area contributed by atoms with Gasteiger partial charge in [-0.2, -0.15) is 0 Å². The molecule has 0 spiro atoms. The highest BCUT2D eigenvalue weighted by atomic mass is 35.5. The minimum Gasteiger partial charge on any atom is -0.390 e. The fourth-order valence-electron chi connectivity index (χ4n) is 3.07. The van der Waals surface area contributed by atoms with Crippen molar-refractivity contribution in [3.63, 3.8) is 0 Å². The summed E-state index contributed by atoms with van der Waals surface area (Å²) in [6.45, 7) is 4.32. The van der Waals surface area contributed by atoms with E-state index in [1.807, 2.05) is 36.4 Å². The molecule has 1 aromatic heterocycles. The standard InChI is InChI=1S/C19H19ClN2OS/c1-19(2)10-12(4-3-11-5-7-13(20)8-6-11)9-14-15(17(21)23)18(22)24-16(14)19/h3-9H,10,22H2,1-2H3,(H2,21,23)/b4-3+. The fraction of sp³-hybridized carbons (Fsp3) is 0.211. The Morgan fingerprint density at radius 1 is 1.25 bits per heavy atom. The number of thiophene rings is 1. The van der Waals surface area contributed by atoms with Crippen molar-refractivity contribution in [2.75, 3.05) is 5.73 Å². The first-order valence-electron chi connectivity index (χ1n) is 7.65. The second-order valence-electron chi connectivity index (χ2n) is 6.61. The fourth-order valence-corrected chi connectivity index (χ4v) is 4.35. The lowest BCUT2D eigenvalue weighted by Gasteiger charge is -2.29. The molecule has 0 radical (unpaired) electrons. The highest BCUT2D eigenvalue weighted by Crippen LogP contribution is 2.46. The maximum Gasteiger partial charge on any atom is 0.252 e. The lowest BCUT2D eigenvalue weighted by atomic mass is 9.77. The third-order valence-electron chi connectivity index (χ3n) is 4.17. The Kier molecular flexibility index (Phi) is 4.28. The van der Waals surface area contributed by atoms with Crippen LogP contribution in [-0.4, -0.2) is 5.91 Å². The van der Waals surface area contributed by atoms with Gasteiger partial charge in [0.15, 0.2) is 0 Å². The Morgan fingerprint density at radius 2 is 1.92 bits per heavy atom. The molecule has 1 aliphatic rings. The second-order valence-corrected chi connectivity index (χ2v) is 8.10. The van der Waals surface area contributed by atoms with E-state index in [9.17, 15) is 4.79 Å². The predicted octanol–water partition coefficient (Wildman–Crippen LogP) is 4.86. The molecule has 1 aromatic carbocycles. The van der Waals surface area contributed by atoms with Crippen molar-refractivity contribution in [1.82, 2.24) is 0 Å². The van der Waals surface area contributed by atoms with Gasteiger partial charge in [-0.1, -0.05) is 49.7 Å².